The molecular formula is C18H19ClN2O2. The second-order valence-corrected chi connectivity index (χ2v) is 6.13. The first-order valence-electron chi connectivity index (χ1n) is 7.77. The van der Waals surface area contributed by atoms with Crippen LogP contribution in [0.25, 0.3) is 6.08 Å². The summed E-state index contributed by atoms with van der Waals surface area (Å²) < 4.78 is 0. The number of hydrogen-bond acceptors (Lipinski definition) is 3. The number of nitrogens with one attached hydrogen (secondary N) is 1. The Hall–Kier alpha value is -2.12. The van der Waals surface area contributed by atoms with Crippen molar-refractivity contribution < 1.29 is 9.59 Å². The molecule has 0 aliphatic heterocycles. The molecule has 0 heterocycles. The van der Waals surface area contributed by atoms with Crippen LogP contribution in [-0.4, -0.2) is 17.7 Å². The molecule has 1 aromatic carbocycles. The molecule has 1 atom stereocenters. The number of hydrogen-bond donors (Lipinski definition) is 1. The lowest BCUT2D eigenvalue weighted by Crippen LogP contribution is -2.41. The van der Waals surface area contributed by atoms with Gasteiger partial charge in [-0.15, -0.1) is 0 Å². The molecule has 5 heteroatoms. The highest BCUT2D eigenvalue weighted by molar-refractivity contribution is 6.30. The van der Waals surface area contributed by atoms with E-state index in [-0.39, 0.29) is 6.04 Å². The summed E-state index contributed by atoms with van der Waals surface area (Å²) in [5, 5.41) is 12.6. The van der Waals surface area contributed by atoms with Crippen LogP contribution in [0.15, 0.2) is 30.3 Å². The molecule has 23 heavy (non-hydrogen) atoms. The Kier molecular flexibility index (Phi) is 6.37. The zero-order valence-electron chi connectivity index (χ0n) is 12.8. The van der Waals surface area contributed by atoms with Crippen molar-refractivity contribution in [2.75, 3.05) is 0 Å². The van der Waals surface area contributed by atoms with Crippen molar-refractivity contribution in [1.82, 2.24) is 5.32 Å². The van der Waals surface area contributed by atoms with Gasteiger partial charge in [-0.1, -0.05) is 49.1 Å². The molecular weight excluding hydrogens is 312 g/mol. The molecule has 1 aliphatic carbocycles. The van der Waals surface area contributed by atoms with E-state index < -0.39 is 17.6 Å². The molecule has 1 amide bonds. The monoisotopic (exact) mass is 330 g/mol. The highest BCUT2D eigenvalue weighted by Crippen LogP contribution is 2.18. The van der Waals surface area contributed by atoms with E-state index in [9.17, 15) is 9.59 Å². The smallest absolute Gasteiger partial charge is 0.245 e. The maximum Gasteiger partial charge on any atom is 0.245 e. The highest BCUT2D eigenvalue weighted by Gasteiger charge is 2.27. The second-order valence-electron chi connectivity index (χ2n) is 5.69. The molecule has 1 aliphatic rings. The van der Waals surface area contributed by atoms with Crippen LogP contribution in [0, 0.1) is 17.2 Å². The summed E-state index contributed by atoms with van der Waals surface area (Å²) in [6.07, 6.45) is 8.02. The van der Waals surface area contributed by atoms with E-state index in [1.807, 2.05) is 0 Å². The lowest BCUT2D eigenvalue weighted by atomic mass is 9.94. The average Bonchev–Trinajstić information content (AvgIpc) is 2.56. The number of nitrogens with zero attached hydrogens (tertiary/aromatic N) is 1. The minimum atomic E-state index is -1.29. The van der Waals surface area contributed by atoms with E-state index in [1.54, 1.807) is 36.4 Å². The molecule has 1 fully saturated rings. The Balaban J connectivity index is 1.95. The molecule has 0 bridgehead atoms. The summed E-state index contributed by atoms with van der Waals surface area (Å²) in [6.45, 7) is 0. The van der Waals surface area contributed by atoms with E-state index >= 15 is 0 Å². The molecule has 1 N–H and O–H groups in total. The lowest BCUT2D eigenvalue weighted by molar-refractivity contribution is -0.130. The number of ketones is 1. The summed E-state index contributed by atoms with van der Waals surface area (Å²) in [5.41, 5.74) is 0.784. The normalized spacial score (nSPS) is 16.7. The fourth-order valence-electron chi connectivity index (χ4n) is 2.63. The van der Waals surface area contributed by atoms with Crippen molar-refractivity contribution >= 4 is 29.4 Å². The fraction of sp³-hybridized carbons (Fsp3) is 0.389. The molecule has 0 unspecified atom stereocenters. The predicted molar refractivity (Wildman–Crippen MR) is 89.6 cm³/mol. The van der Waals surface area contributed by atoms with Crippen LogP contribution in [0.4, 0.5) is 0 Å². The number of allylic oxidation sites excluding steroid dienone is 1. The third-order valence-corrected chi connectivity index (χ3v) is 4.19. The summed E-state index contributed by atoms with van der Waals surface area (Å²) in [6, 6.07) is 8.83. The number of carbonyl (C=O) groups is 2. The first-order valence-corrected chi connectivity index (χ1v) is 8.15. The minimum absolute atomic E-state index is 0.0835. The van der Waals surface area contributed by atoms with E-state index in [4.69, 9.17) is 16.9 Å². The van der Waals surface area contributed by atoms with E-state index in [1.165, 1.54) is 12.5 Å². The van der Waals surface area contributed by atoms with Gasteiger partial charge in [-0.25, -0.2) is 0 Å². The summed E-state index contributed by atoms with van der Waals surface area (Å²) >= 11 is 5.79. The van der Waals surface area contributed by atoms with Crippen LogP contribution in [0.1, 0.15) is 37.7 Å². The van der Waals surface area contributed by atoms with Gasteiger partial charge in [0.15, 0.2) is 11.7 Å². The number of amides is 1. The molecule has 0 radical (unpaired) electrons. The average molecular weight is 331 g/mol. The Labute approximate surface area is 141 Å². The van der Waals surface area contributed by atoms with Crippen LogP contribution < -0.4 is 5.32 Å². The highest BCUT2D eigenvalue weighted by atomic mass is 35.5. The Bertz CT molecular complexity index is 625. The molecule has 120 valence electrons. The van der Waals surface area contributed by atoms with Gasteiger partial charge in [0, 0.05) is 11.1 Å². The van der Waals surface area contributed by atoms with Crippen molar-refractivity contribution in [2.24, 2.45) is 5.92 Å². The number of halogens is 1. The standard InChI is InChI=1S/C18H19ClN2O2/c19-14-9-6-13(7-10-14)8-11-17(22)16(12-20)18(23)21-15-4-2-1-3-5-15/h6-11,15-16H,1-5H2,(H,21,23)/b11-8+/t16-/m1/s1. The van der Waals surface area contributed by atoms with Crippen molar-refractivity contribution in [3.05, 3.63) is 40.9 Å². The SMILES string of the molecule is N#C[C@H](C(=O)/C=C/c1ccc(Cl)cc1)C(=O)NC1CCCCC1. The number of rotatable bonds is 5. The largest absolute Gasteiger partial charge is 0.352 e. The van der Waals surface area contributed by atoms with Gasteiger partial charge in [0.2, 0.25) is 5.91 Å². The van der Waals surface area contributed by atoms with Crippen LogP contribution in [0.5, 0.6) is 0 Å². The van der Waals surface area contributed by atoms with Crippen LogP contribution >= 0.6 is 11.6 Å². The molecule has 1 saturated carbocycles. The van der Waals surface area contributed by atoms with Gasteiger partial charge in [-0.05, 0) is 36.6 Å². The Morgan fingerprint density at radius 1 is 1.22 bits per heavy atom. The maximum absolute atomic E-state index is 12.1. The van der Waals surface area contributed by atoms with Gasteiger partial charge in [0.25, 0.3) is 0 Å². The third-order valence-electron chi connectivity index (χ3n) is 3.94. The molecule has 0 saturated heterocycles. The first kappa shape index (κ1) is 17.2. The summed E-state index contributed by atoms with van der Waals surface area (Å²) in [4.78, 5) is 24.2. The van der Waals surface area contributed by atoms with Crippen molar-refractivity contribution in [3.8, 4) is 6.07 Å². The molecule has 0 spiro atoms. The molecule has 1 aromatic rings. The van der Waals surface area contributed by atoms with E-state index in [0.29, 0.717) is 5.02 Å². The quantitative estimate of drug-likeness (QED) is 0.663. The van der Waals surface area contributed by atoms with E-state index in [2.05, 4.69) is 5.32 Å². The van der Waals surface area contributed by atoms with Gasteiger partial charge in [-0.3, -0.25) is 9.59 Å². The summed E-state index contributed by atoms with van der Waals surface area (Å²) in [5.74, 6) is -2.29. The van der Waals surface area contributed by atoms with Crippen LogP contribution in [-0.2, 0) is 9.59 Å². The third kappa shape index (κ3) is 5.22. The number of carbonyl (C=O) groups excluding carboxylic acids is 2. The van der Waals surface area contributed by atoms with Crippen molar-refractivity contribution in [2.45, 2.75) is 38.1 Å². The van der Waals surface area contributed by atoms with Gasteiger partial charge < -0.3 is 5.32 Å². The zero-order valence-corrected chi connectivity index (χ0v) is 13.6. The predicted octanol–water partition coefficient (Wildman–Crippen LogP) is 3.51. The number of nitriles is 1. The van der Waals surface area contributed by atoms with Gasteiger partial charge >= 0.3 is 0 Å². The summed E-state index contributed by atoms with van der Waals surface area (Å²) in [7, 11) is 0. The molecule has 0 aromatic heterocycles. The second kappa shape index (κ2) is 8.50. The van der Waals surface area contributed by atoms with Gasteiger partial charge in [-0.2, -0.15) is 5.26 Å². The number of benzene rings is 1. The maximum atomic E-state index is 12.1. The van der Waals surface area contributed by atoms with E-state index in [0.717, 1.165) is 31.2 Å². The lowest BCUT2D eigenvalue weighted by Gasteiger charge is -2.23. The van der Waals surface area contributed by atoms with Crippen molar-refractivity contribution in [3.63, 3.8) is 0 Å². The molecule has 2 rings (SSSR count). The molecule has 4 nitrogen and oxygen atoms in total. The topological polar surface area (TPSA) is 70.0 Å². The van der Waals surface area contributed by atoms with Crippen LogP contribution in [0.3, 0.4) is 0 Å². The Morgan fingerprint density at radius 3 is 2.48 bits per heavy atom. The minimum Gasteiger partial charge on any atom is -0.352 e. The van der Waals surface area contributed by atoms with Crippen molar-refractivity contribution in [1.29, 1.82) is 5.26 Å². The Morgan fingerprint density at radius 2 is 1.87 bits per heavy atom. The van der Waals surface area contributed by atoms with Gasteiger partial charge in [0.05, 0.1) is 6.07 Å². The first-order chi connectivity index (χ1) is 11.1. The van der Waals surface area contributed by atoms with Gasteiger partial charge in [0.1, 0.15) is 0 Å². The zero-order chi connectivity index (χ0) is 16.7. The fourth-order valence-corrected chi connectivity index (χ4v) is 2.76. The van der Waals surface area contributed by atoms with Crippen LogP contribution in [0.2, 0.25) is 5.02 Å².